The van der Waals surface area contributed by atoms with Gasteiger partial charge in [-0.15, -0.1) is 0 Å². The van der Waals surface area contributed by atoms with Crippen molar-refractivity contribution in [3.05, 3.63) is 12.2 Å². The van der Waals surface area contributed by atoms with Gasteiger partial charge in [0.15, 0.2) is 0 Å². The van der Waals surface area contributed by atoms with Crippen molar-refractivity contribution in [1.29, 1.82) is 0 Å². The van der Waals surface area contributed by atoms with Crippen LogP contribution >= 0.6 is 0 Å². The largest absolute Gasteiger partial charge is 0.481 e. The molecule has 0 aromatic rings. The molecular weight excluding hydrogens is 364 g/mol. The lowest BCUT2D eigenvalue weighted by Gasteiger charge is -2.57. The summed E-state index contributed by atoms with van der Waals surface area (Å²) in [5.41, 5.74) is 0.736. The quantitative estimate of drug-likeness (QED) is 0.363. The molecule has 0 heterocycles. The normalized spacial score (nSPS) is 34.2. The second kappa shape index (κ2) is 9.66. The number of esters is 1. The van der Waals surface area contributed by atoms with Gasteiger partial charge in [0, 0.05) is 0 Å². The Balaban J connectivity index is 1.96. The highest BCUT2D eigenvalue weighted by atomic mass is 16.5. The molecule has 0 amide bonds. The molecule has 0 aromatic carbocycles. The second-order valence-electron chi connectivity index (χ2n) is 10.3. The van der Waals surface area contributed by atoms with Gasteiger partial charge in [-0.25, -0.2) is 0 Å². The highest BCUT2D eigenvalue weighted by Crippen LogP contribution is 2.62. The first-order valence-electron chi connectivity index (χ1n) is 11.6. The molecule has 0 bridgehead atoms. The number of carbonyl (C=O) groups excluding carboxylic acids is 1. The standard InChI is InChI=1S/C25H42O4/c1-7-18(3)22(26)29-16-13-17(2)9-11-20-19(4)10-12-21-24(20,5)14-8-15-25(21,6)23(27)28/h17-18,20-21H,4,7-16H2,1-3,5-6H3,(H,27,28). The van der Waals surface area contributed by atoms with E-state index in [0.29, 0.717) is 18.4 Å². The molecule has 2 rings (SSSR count). The lowest BCUT2D eigenvalue weighted by atomic mass is 9.46. The summed E-state index contributed by atoms with van der Waals surface area (Å²) in [6, 6.07) is 0. The molecular formula is C25H42O4. The van der Waals surface area contributed by atoms with Gasteiger partial charge in [-0.1, -0.05) is 46.3 Å². The first kappa shape index (κ1) is 24.0. The van der Waals surface area contributed by atoms with Gasteiger partial charge in [0.1, 0.15) is 0 Å². The Bertz CT molecular complexity index is 612. The van der Waals surface area contributed by atoms with E-state index >= 15 is 0 Å². The fourth-order valence-corrected chi connectivity index (χ4v) is 6.00. The Kier molecular flexibility index (Phi) is 7.98. The van der Waals surface area contributed by atoms with Gasteiger partial charge >= 0.3 is 11.9 Å². The van der Waals surface area contributed by atoms with Crippen molar-refractivity contribution >= 4 is 11.9 Å². The second-order valence-corrected chi connectivity index (χ2v) is 10.3. The molecule has 4 nitrogen and oxygen atoms in total. The van der Waals surface area contributed by atoms with Gasteiger partial charge in [0.25, 0.3) is 0 Å². The molecule has 0 aliphatic heterocycles. The van der Waals surface area contributed by atoms with Crippen molar-refractivity contribution in [2.75, 3.05) is 6.61 Å². The number of allylic oxidation sites excluding steroid dienone is 1. The summed E-state index contributed by atoms with van der Waals surface area (Å²) in [5, 5.41) is 9.96. The maximum Gasteiger partial charge on any atom is 0.309 e. The molecule has 6 unspecified atom stereocenters. The van der Waals surface area contributed by atoms with Crippen LogP contribution in [0.5, 0.6) is 0 Å². The summed E-state index contributed by atoms with van der Waals surface area (Å²) in [6.45, 7) is 15.3. The minimum Gasteiger partial charge on any atom is -0.481 e. The smallest absolute Gasteiger partial charge is 0.309 e. The Labute approximate surface area is 177 Å². The van der Waals surface area contributed by atoms with Gasteiger partial charge in [0.05, 0.1) is 17.9 Å². The van der Waals surface area contributed by atoms with Crippen LogP contribution < -0.4 is 0 Å². The maximum atomic E-state index is 12.1. The Morgan fingerprint density at radius 3 is 2.55 bits per heavy atom. The highest BCUT2D eigenvalue weighted by Gasteiger charge is 2.57. The van der Waals surface area contributed by atoms with Crippen molar-refractivity contribution < 1.29 is 19.4 Å². The number of carboxylic acids is 1. The van der Waals surface area contributed by atoms with E-state index in [0.717, 1.165) is 57.8 Å². The average molecular weight is 407 g/mol. The van der Waals surface area contributed by atoms with Gasteiger partial charge in [-0.2, -0.15) is 0 Å². The van der Waals surface area contributed by atoms with Crippen LogP contribution in [-0.4, -0.2) is 23.7 Å². The molecule has 6 atom stereocenters. The molecule has 2 saturated carbocycles. The van der Waals surface area contributed by atoms with Crippen molar-refractivity contribution in [2.24, 2.45) is 34.5 Å². The number of hydrogen-bond acceptors (Lipinski definition) is 3. The number of hydrogen-bond donors (Lipinski definition) is 1. The maximum absolute atomic E-state index is 12.1. The summed E-state index contributed by atoms with van der Waals surface area (Å²) < 4.78 is 5.42. The zero-order chi connectivity index (χ0) is 21.8. The summed E-state index contributed by atoms with van der Waals surface area (Å²) in [7, 11) is 0. The molecule has 0 radical (unpaired) electrons. The van der Waals surface area contributed by atoms with E-state index < -0.39 is 11.4 Å². The molecule has 166 valence electrons. The summed E-state index contributed by atoms with van der Waals surface area (Å²) in [4.78, 5) is 23.9. The van der Waals surface area contributed by atoms with Crippen LogP contribution in [0.2, 0.25) is 0 Å². The Hall–Kier alpha value is -1.32. The third-order valence-electron chi connectivity index (χ3n) is 8.33. The van der Waals surface area contributed by atoms with E-state index in [-0.39, 0.29) is 23.2 Å². The van der Waals surface area contributed by atoms with Crippen LogP contribution in [-0.2, 0) is 14.3 Å². The molecule has 29 heavy (non-hydrogen) atoms. The first-order valence-corrected chi connectivity index (χ1v) is 11.6. The zero-order valence-corrected chi connectivity index (χ0v) is 19.3. The van der Waals surface area contributed by atoms with Crippen LogP contribution in [0.1, 0.15) is 92.4 Å². The zero-order valence-electron chi connectivity index (χ0n) is 19.3. The van der Waals surface area contributed by atoms with Crippen LogP contribution in [0.25, 0.3) is 0 Å². The van der Waals surface area contributed by atoms with E-state index in [2.05, 4.69) is 20.4 Å². The molecule has 1 N–H and O–H groups in total. The predicted octanol–water partition coefficient (Wildman–Crippen LogP) is 6.25. The monoisotopic (exact) mass is 406 g/mol. The Morgan fingerprint density at radius 1 is 1.24 bits per heavy atom. The number of ether oxygens (including phenoxy) is 1. The SMILES string of the molecule is C=C1CCC2C(C)(C(=O)O)CCCC2(C)C1CCC(C)CCOC(=O)C(C)CC. The molecule has 2 fully saturated rings. The minimum absolute atomic E-state index is 0.0254. The molecule has 2 aliphatic rings. The number of carbonyl (C=O) groups is 2. The topological polar surface area (TPSA) is 63.6 Å². The van der Waals surface area contributed by atoms with Crippen LogP contribution in [0.3, 0.4) is 0 Å². The molecule has 0 spiro atoms. The summed E-state index contributed by atoms with van der Waals surface area (Å²) in [5.74, 6) is 0.351. The Morgan fingerprint density at radius 2 is 1.93 bits per heavy atom. The van der Waals surface area contributed by atoms with Crippen LogP contribution in [0.15, 0.2) is 12.2 Å². The van der Waals surface area contributed by atoms with E-state index in [9.17, 15) is 14.7 Å². The van der Waals surface area contributed by atoms with E-state index in [1.54, 1.807) is 0 Å². The number of rotatable bonds is 9. The average Bonchev–Trinajstić information content (AvgIpc) is 2.66. The van der Waals surface area contributed by atoms with Crippen molar-refractivity contribution in [3.63, 3.8) is 0 Å². The lowest BCUT2D eigenvalue weighted by Crippen LogP contribution is -2.53. The van der Waals surface area contributed by atoms with E-state index in [1.165, 1.54) is 5.57 Å². The van der Waals surface area contributed by atoms with Crippen LogP contribution in [0, 0.1) is 34.5 Å². The van der Waals surface area contributed by atoms with Crippen molar-refractivity contribution in [2.45, 2.75) is 92.4 Å². The van der Waals surface area contributed by atoms with Gasteiger partial charge in [-0.05, 0) is 81.5 Å². The summed E-state index contributed by atoms with van der Waals surface area (Å²) >= 11 is 0. The minimum atomic E-state index is -0.629. The number of aliphatic carboxylic acids is 1. The van der Waals surface area contributed by atoms with E-state index in [1.807, 2.05) is 20.8 Å². The van der Waals surface area contributed by atoms with Gasteiger partial charge in [-0.3, -0.25) is 9.59 Å². The van der Waals surface area contributed by atoms with Gasteiger partial charge < -0.3 is 9.84 Å². The van der Waals surface area contributed by atoms with Gasteiger partial charge in [0.2, 0.25) is 0 Å². The first-order chi connectivity index (χ1) is 13.6. The van der Waals surface area contributed by atoms with Crippen LogP contribution in [0.4, 0.5) is 0 Å². The van der Waals surface area contributed by atoms with Crippen molar-refractivity contribution in [1.82, 2.24) is 0 Å². The van der Waals surface area contributed by atoms with E-state index in [4.69, 9.17) is 4.74 Å². The molecule has 2 aliphatic carbocycles. The molecule has 4 heteroatoms. The third-order valence-corrected chi connectivity index (χ3v) is 8.33. The lowest BCUT2D eigenvalue weighted by molar-refractivity contribution is -0.164. The number of fused-ring (bicyclic) bond motifs is 1. The molecule has 0 aromatic heterocycles. The fraction of sp³-hybridized carbons (Fsp3) is 0.840. The molecule has 0 saturated heterocycles. The predicted molar refractivity (Wildman–Crippen MR) is 116 cm³/mol. The van der Waals surface area contributed by atoms with Crippen molar-refractivity contribution in [3.8, 4) is 0 Å². The third kappa shape index (κ3) is 5.06. The summed E-state index contributed by atoms with van der Waals surface area (Å²) in [6.07, 6.45) is 8.61. The highest BCUT2D eigenvalue weighted by molar-refractivity contribution is 5.75. The number of carboxylic acid groups (broad SMARTS) is 1. The fourth-order valence-electron chi connectivity index (χ4n) is 6.00.